The smallest absolute Gasteiger partial charge is 0.286 e. The van der Waals surface area contributed by atoms with E-state index in [2.05, 4.69) is 9.89 Å². The minimum Gasteiger partial charge on any atom is -0.472 e. The molecule has 0 bridgehead atoms. The number of hydrogen-bond donors (Lipinski definition) is 0. The van der Waals surface area contributed by atoms with Crippen molar-refractivity contribution in [1.82, 2.24) is 4.90 Å². The Morgan fingerprint density at radius 1 is 1.39 bits per heavy atom. The van der Waals surface area contributed by atoms with Crippen LogP contribution < -0.4 is 0 Å². The lowest BCUT2D eigenvalue weighted by molar-refractivity contribution is -0.113. The standard InChI is InChI=1S/C12H12N2O3S/c15-11-10(7-9-1-4-17-8-9)18-12(13-11)14-2-5-16-6-3-14/h1,4,7-8H,2-3,5-6H2/b10-7-. The lowest BCUT2D eigenvalue weighted by Crippen LogP contribution is -2.38. The van der Waals surface area contributed by atoms with E-state index in [0.29, 0.717) is 18.1 Å². The summed E-state index contributed by atoms with van der Waals surface area (Å²) in [6.07, 6.45) is 4.99. The molecule has 3 rings (SSSR count). The lowest BCUT2D eigenvalue weighted by atomic mass is 10.3. The van der Waals surface area contributed by atoms with Gasteiger partial charge in [0.15, 0.2) is 5.17 Å². The molecule has 1 fully saturated rings. The van der Waals surface area contributed by atoms with Gasteiger partial charge in [0.25, 0.3) is 5.91 Å². The van der Waals surface area contributed by atoms with E-state index in [1.165, 1.54) is 11.8 Å². The molecule has 0 unspecified atom stereocenters. The number of nitrogens with zero attached hydrogens (tertiary/aromatic N) is 2. The number of rotatable bonds is 1. The van der Waals surface area contributed by atoms with Gasteiger partial charge in [-0.05, 0) is 23.9 Å². The van der Waals surface area contributed by atoms with Gasteiger partial charge >= 0.3 is 0 Å². The van der Waals surface area contributed by atoms with Crippen molar-refractivity contribution in [2.45, 2.75) is 0 Å². The van der Waals surface area contributed by atoms with E-state index < -0.39 is 0 Å². The van der Waals surface area contributed by atoms with Crippen LogP contribution in [0.25, 0.3) is 6.08 Å². The molecule has 5 nitrogen and oxygen atoms in total. The van der Waals surface area contributed by atoms with Crippen molar-refractivity contribution in [3.63, 3.8) is 0 Å². The van der Waals surface area contributed by atoms with Crippen LogP contribution in [-0.4, -0.2) is 42.3 Å². The summed E-state index contributed by atoms with van der Waals surface area (Å²) in [5, 5.41) is 0.776. The Morgan fingerprint density at radius 2 is 2.22 bits per heavy atom. The number of hydrogen-bond acceptors (Lipinski definition) is 5. The van der Waals surface area contributed by atoms with E-state index >= 15 is 0 Å². The second-order valence-electron chi connectivity index (χ2n) is 3.97. The average molecular weight is 264 g/mol. The lowest BCUT2D eigenvalue weighted by Gasteiger charge is -2.27. The molecule has 0 radical (unpaired) electrons. The van der Waals surface area contributed by atoms with Gasteiger partial charge in [-0.2, -0.15) is 4.99 Å². The summed E-state index contributed by atoms with van der Waals surface area (Å²) >= 11 is 1.41. The molecule has 18 heavy (non-hydrogen) atoms. The highest BCUT2D eigenvalue weighted by Crippen LogP contribution is 2.30. The molecule has 2 aliphatic rings. The SMILES string of the molecule is O=C1N=C(N2CCOCC2)S/C1=C\c1ccoc1. The highest BCUT2D eigenvalue weighted by Gasteiger charge is 2.27. The van der Waals surface area contributed by atoms with Crippen LogP contribution in [0.3, 0.4) is 0 Å². The van der Waals surface area contributed by atoms with E-state index in [9.17, 15) is 4.79 Å². The van der Waals surface area contributed by atoms with Crippen LogP contribution in [0.15, 0.2) is 32.9 Å². The molecule has 0 atom stereocenters. The molecule has 2 aliphatic heterocycles. The predicted octanol–water partition coefficient (Wildman–Crippen LogP) is 1.58. The number of furan rings is 1. The molecule has 1 amide bonds. The fourth-order valence-corrected chi connectivity index (χ4v) is 2.76. The van der Waals surface area contributed by atoms with Gasteiger partial charge in [0, 0.05) is 18.7 Å². The quantitative estimate of drug-likeness (QED) is 0.721. The summed E-state index contributed by atoms with van der Waals surface area (Å²) in [5.74, 6) is -0.178. The van der Waals surface area contributed by atoms with Crippen LogP contribution in [0.1, 0.15) is 5.56 Å². The summed E-state index contributed by atoms with van der Waals surface area (Å²) < 4.78 is 10.3. The minimum atomic E-state index is -0.178. The number of thioether (sulfide) groups is 1. The fourth-order valence-electron chi connectivity index (χ4n) is 1.80. The minimum absolute atomic E-state index is 0.178. The monoisotopic (exact) mass is 264 g/mol. The summed E-state index contributed by atoms with van der Waals surface area (Å²) in [6, 6.07) is 1.81. The second kappa shape index (κ2) is 4.99. The number of morpholine rings is 1. The van der Waals surface area contributed by atoms with Crippen molar-refractivity contribution >= 4 is 28.9 Å². The van der Waals surface area contributed by atoms with Gasteiger partial charge in [-0.15, -0.1) is 0 Å². The Kier molecular flexibility index (Phi) is 3.21. The zero-order chi connectivity index (χ0) is 12.4. The Bertz CT molecular complexity index is 501. The highest BCUT2D eigenvalue weighted by molar-refractivity contribution is 8.18. The third-order valence-electron chi connectivity index (χ3n) is 2.73. The normalized spacial score (nSPS) is 22.7. The maximum absolute atomic E-state index is 11.8. The number of amidine groups is 1. The maximum atomic E-state index is 11.8. The predicted molar refractivity (Wildman–Crippen MR) is 69.1 cm³/mol. The van der Waals surface area contributed by atoms with Crippen LogP contribution in [0.4, 0.5) is 0 Å². The molecule has 6 heteroatoms. The first-order valence-corrected chi connectivity index (χ1v) is 6.52. The van der Waals surface area contributed by atoms with Crippen LogP contribution in [0.5, 0.6) is 0 Å². The summed E-state index contributed by atoms with van der Waals surface area (Å²) in [4.78, 5) is 18.6. The van der Waals surface area contributed by atoms with Gasteiger partial charge in [-0.3, -0.25) is 4.79 Å². The molecule has 3 heterocycles. The number of carbonyl (C=O) groups excluding carboxylic acids is 1. The molecule has 1 aromatic heterocycles. The third-order valence-corrected chi connectivity index (χ3v) is 3.78. The third kappa shape index (κ3) is 2.34. The fraction of sp³-hybridized carbons (Fsp3) is 0.333. The number of ether oxygens (including phenoxy) is 1. The van der Waals surface area contributed by atoms with Crippen LogP contribution >= 0.6 is 11.8 Å². The molecule has 1 saturated heterocycles. The first-order chi connectivity index (χ1) is 8.83. The molecule has 0 aliphatic carbocycles. The maximum Gasteiger partial charge on any atom is 0.286 e. The molecule has 0 saturated carbocycles. The Labute approximate surface area is 108 Å². The van der Waals surface area contributed by atoms with Gasteiger partial charge in [0.1, 0.15) is 0 Å². The summed E-state index contributed by atoms with van der Waals surface area (Å²) in [6.45, 7) is 2.96. The Morgan fingerprint density at radius 3 is 2.94 bits per heavy atom. The van der Waals surface area contributed by atoms with E-state index in [1.54, 1.807) is 18.6 Å². The van der Waals surface area contributed by atoms with Gasteiger partial charge in [-0.25, -0.2) is 0 Å². The van der Waals surface area contributed by atoms with Crippen molar-refractivity contribution in [2.75, 3.05) is 26.3 Å². The molecule has 1 aromatic rings. The van der Waals surface area contributed by atoms with Crippen LogP contribution in [0.2, 0.25) is 0 Å². The van der Waals surface area contributed by atoms with E-state index in [1.807, 2.05) is 6.07 Å². The van der Waals surface area contributed by atoms with Crippen molar-refractivity contribution in [2.24, 2.45) is 4.99 Å². The van der Waals surface area contributed by atoms with Crippen LogP contribution in [-0.2, 0) is 9.53 Å². The van der Waals surface area contributed by atoms with Gasteiger partial charge in [0.2, 0.25) is 0 Å². The van der Waals surface area contributed by atoms with E-state index in [4.69, 9.17) is 9.15 Å². The molecular weight excluding hydrogens is 252 g/mol. The zero-order valence-corrected chi connectivity index (χ0v) is 10.5. The molecule has 0 spiro atoms. The second-order valence-corrected chi connectivity index (χ2v) is 4.98. The van der Waals surface area contributed by atoms with Crippen molar-refractivity contribution in [1.29, 1.82) is 0 Å². The van der Waals surface area contributed by atoms with Crippen molar-refractivity contribution in [3.8, 4) is 0 Å². The Balaban J connectivity index is 1.74. The first kappa shape index (κ1) is 11.6. The van der Waals surface area contributed by atoms with E-state index in [0.717, 1.165) is 23.8 Å². The van der Waals surface area contributed by atoms with Gasteiger partial charge < -0.3 is 14.1 Å². The molecule has 0 aromatic carbocycles. The number of aliphatic imine (C=N–C) groups is 1. The summed E-state index contributed by atoms with van der Waals surface area (Å²) in [5.41, 5.74) is 0.879. The first-order valence-electron chi connectivity index (χ1n) is 5.70. The molecule has 94 valence electrons. The summed E-state index contributed by atoms with van der Waals surface area (Å²) in [7, 11) is 0. The number of amides is 1. The van der Waals surface area contributed by atoms with Crippen molar-refractivity contribution < 1.29 is 13.9 Å². The largest absolute Gasteiger partial charge is 0.472 e. The van der Waals surface area contributed by atoms with E-state index in [-0.39, 0.29) is 5.91 Å². The molecular formula is C12H12N2O3S. The number of carbonyl (C=O) groups is 1. The highest BCUT2D eigenvalue weighted by atomic mass is 32.2. The topological polar surface area (TPSA) is 55.0 Å². The van der Waals surface area contributed by atoms with Gasteiger partial charge in [-0.1, -0.05) is 0 Å². The molecule has 0 N–H and O–H groups in total. The zero-order valence-electron chi connectivity index (χ0n) is 9.67. The Hall–Kier alpha value is -1.53. The van der Waals surface area contributed by atoms with Crippen LogP contribution in [0, 0.1) is 0 Å². The van der Waals surface area contributed by atoms with Gasteiger partial charge in [0.05, 0.1) is 30.6 Å². The van der Waals surface area contributed by atoms with Crippen molar-refractivity contribution in [3.05, 3.63) is 29.1 Å². The average Bonchev–Trinajstić information content (AvgIpc) is 3.02.